The lowest BCUT2D eigenvalue weighted by atomic mass is 10.3. The van der Waals surface area contributed by atoms with Crippen molar-refractivity contribution in [2.75, 3.05) is 7.11 Å². The first kappa shape index (κ1) is 9.31. The molecule has 0 heterocycles. The number of methoxy groups -OCH3 is 1. The second-order valence-electron chi connectivity index (χ2n) is 1.92. The molecule has 1 rings (SSSR count). The number of ether oxygens (including phenoxy) is 1. The molecule has 0 aliphatic carbocycles. The topological polar surface area (TPSA) is 64.6 Å². The number of rotatable bonds is 3. The third-order valence-electron chi connectivity index (χ3n) is 1.22. The van der Waals surface area contributed by atoms with E-state index in [1.807, 2.05) is 0 Å². The standard InChI is InChI=1S/C7H7BrO4/c1-11-6-4-2-3-5-7(6)12-8(9)10/h2-5H,1H3. The maximum Gasteiger partial charge on any atom is 0.501 e. The highest BCUT2D eigenvalue weighted by Gasteiger charge is 2.16. The average Bonchev–Trinajstić information content (AvgIpc) is 2.04. The molecule has 0 unspecified atom stereocenters. The van der Waals surface area contributed by atoms with Crippen molar-refractivity contribution in [1.29, 1.82) is 0 Å². The van der Waals surface area contributed by atoms with Crippen LogP contribution in [0, 0.1) is 14.8 Å². The SMILES string of the molecule is COc1ccccc1O[Br+2]([O-])[O-]. The fourth-order valence-corrected chi connectivity index (χ4v) is 1.30. The van der Waals surface area contributed by atoms with E-state index in [2.05, 4.69) is 3.83 Å². The van der Waals surface area contributed by atoms with Crippen LogP contribution in [0.1, 0.15) is 0 Å². The van der Waals surface area contributed by atoms with Crippen LogP contribution in [0.25, 0.3) is 0 Å². The Morgan fingerprint density at radius 1 is 1.17 bits per heavy atom. The van der Waals surface area contributed by atoms with Gasteiger partial charge < -0.3 is 13.1 Å². The van der Waals surface area contributed by atoms with Gasteiger partial charge in [-0.3, -0.25) is 0 Å². The number of hydrogen-bond acceptors (Lipinski definition) is 4. The molecule has 0 atom stereocenters. The molecule has 0 saturated heterocycles. The van der Waals surface area contributed by atoms with E-state index in [9.17, 15) is 8.40 Å². The molecule has 0 saturated carbocycles. The molecule has 0 radical (unpaired) electrons. The van der Waals surface area contributed by atoms with Crippen LogP contribution in [0.15, 0.2) is 24.3 Å². The minimum Gasteiger partial charge on any atom is -0.492 e. The van der Waals surface area contributed by atoms with Crippen LogP contribution in [0.3, 0.4) is 0 Å². The molecule has 4 nitrogen and oxygen atoms in total. The van der Waals surface area contributed by atoms with Gasteiger partial charge in [-0.2, -0.15) is 0 Å². The third kappa shape index (κ3) is 2.37. The predicted molar refractivity (Wildman–Crippen MR) is 33.6 cm³/mol. The molecule has 0 amide bonds. The molecule has 66 valence electrons. The Balaban J connectivity index is 2.82. The van der Waals surface area contributed by atoms with Gasteiger partial charge in [-0.25, -0.2) is 0 Å². The van der Waals surface area contributed by atoms with E-state index < -0.39 is 14.8 Å². The number of halogens is 1. The smallest absolute Gasteiger partial charge is 0.492 e. The third-order valence-corrected chi connectivity index (χ3v) is 1.83. The summed E-state index contributed by atoms with van der Waals surface area (Å²) in [5, 5.41) is 0. The number of benzene rings is 1. The summed E-state index contributed by atoms with van der Waals surface area (Å²) in [5.74, 6) is 0.632. The molecule has 0 aliphatic heterocycles. The lowest BCUT2D eigenvalue weighted by Gasteiger charge is -2.01. The van der Waals surface area contributed by atoms with Crippen molar-refractivity contribution in [2.24, 2.45) is 0 Å². The summed E-state index contributed by atoms with van der Waals surface area (Å²) in [6.07, 6.45) is 0. The molecule has 0 fully saturated rings. The molecule has 0 bridgehead atoms. The Morgan fingerprint density at radius 3 is 2.25 bits per heavy atom. The zero-order valence-electron chi connectivity index (χ0n) is 6.32. The number of hydrogen-bond donors (Lipinski definition) is 0. The second-order valence-corrected chi connectivity index (χ2v) is 3.03. The molecule has 5 heteroatoms. The van der Waals surface area contributed by atoms with Crippen molar-refractivity contribution >= 4 is 0 Å². The van der Waals surface area contributed by atoms with Crippen molar-refractivity contribution in [3.8, 4) is 11.5 Å². The summed E-state index contributed by atoms with van der Waals surface area (Å²) in [6.45, 7) is 0. The van der Waals surface area contributed by atoms with Crippen molar-refractivity contribution in [1.82, 2.24) is 0 Å². The number of para-hydroxylation sites is 2. The van der Waals surface area contributed by atoms with Gasteiger partial charge in [-0.05, 0) is 12.1 Å². The molecule has 0 spiro atoms. The zero-order valence-corrected chi connectivity index (χ0v) is 7.91. The fourth-order valence-electron chi connectivity index (χ4n) is 0.750. The van der Waals surface area contributed by atoms with Crippen LogP contribution >= 0.6 is 0 Å². The van der Waals surface area contributed by atoms with E-state index in [0.29, 0.717) is 5.75 Å². The van der Waals surface area contributed by atoms with E-state index >= 15 is 0 Å². The monoisotopic (exact) mass is 234 g/mol. The highest BCUT2D eigenvalue weighted by Crippen LogP contribution is 2.25. The maximum atomic E-state index is 10.2. The van der Waals surface area contributed by atoms with Crippen LogP contribution < -0.4 is 17.0 Å². The normalized spacial score (nSPS) is 10.0. The maximum absolute atomic E-state index is 10.2. The predicted octanol–water partition coefficient (Wildman–Crippen LogP) is -0.840. The second kappa shape index (κ2) is 4.30. The highest BCUT2D eigenvalue weighted by molar-refractivity contribution is 5.38. The molecule has 0 aromatic heterocycles. The van der Waals surface area contributed by atoms with Gasteiger partial charge in [-0.15, -0.1) is 3.83 Å². The Morgan fingerprint density at radius 2 is 1.75 bits per heavy atom. The first-order valence-electron chi connectivity index (χ1n) is 3.11. The van der Waals surface area contributed by atoms with Gasteiger partial charge in [0.15, 0.2) is 5.75 Å². The van der Waals surface area contributed by atoms with E-state index in [0.717, 1.165) is 0 Å². The molecular formula is C7H7BrO4. The highest BCUT2D eigenvalue weighted by atomic mass is 80.0. The summed E-state index contributed by atoms with van der Waals surface area (Å²) < 4.78 is 29.8. The summed E-state index contributed by atoms with van der Waals surface area (Å²) in [4.78, 5) is 0. The molecule has 1 aromatic carbocycles. The lowest BCUT2D eigenvalue weighted by Crippen LogP contribution is -2.36. The van der Waals surface area contributed by atoms with Crippen molar-refractivity contribution in [3.63, 3.8) is 0 Å². The van der Waals surface area contributed by atoms with Crippen LogP contribution in [-0.2, 0) is 0 Å². The Labute approximate surface area is 75.2 Å². The molecule has 0 N–H and O–H groups in total. The minimum absolute atomic E-state index is 0.222. The first-order valence-corrected chi connectivity index (χ1v) is 5.05. The molecular weight excluding hydrogens is 228 g/mol. The fraction of sp³-hybridized carbons (Fsp3) is 0.143. The van der Waals surface area contributed by atoms with E-state index in [4.69, 9.17) is 4.74 Å². The van der Waals surface area contributed by atoms with E-state index in [1.165, 1.54) is 13.2 Å². The van der Waals surface area contributed by atoms with Gasteiger partial charge >= 0.3 is 14.8 Å². The van der Waals surface area contributed by atoms with Crippen LogP contribution in [0.2, 0.25) is 0 Å². The minimum atomic E-state index is -3.22. The molecule has 1 aromatic rings. The van der Waals surface area contributed by atoms with E-state index in [1.54, 1.807) is 18.2 Å². The molecule has 0 aliphatic rings. The van der Waals surface area contributed by atoms with Gasteiger partial charge in [0.05, 0.1) is 7.11 Å². The van der Waals surface area contributed by atoms with Crippen molar-refractivity contribution in [2.45, 2.75) is 0 Å². The summed E-state index contributed by atoms with van der Waals surface area (Å²) in [5.41, 5.74) is 0. The van der Waals surface area contributed by atoms with Gasteiger partial charge in [0, 0.05) is 0 Å². The Hall–Kier alpha value is -0.780. The lowest BCUT2D eigenvalue weighted by molar-refractivity contribution is -1.62. The van der Waals surface area contributed by atoms with Crippen LogP contribution in [-0.4, -0.2) is 7.11 Å². The Bertz CT molecular complexity index is 251. The summed E-state index contributed by atoms with van der Waals surface area (Å²) in [7, 11) is 1.45. The largest absolute Gasteiger partial charge is 0.501 e. The zero-order chi connectivity index (χ0) is 8.97. The summed E-state index contributed by atoms with van der Waals surface area (Å²) in [6, 6.07) is 6.55. The average molecular weight is 235 g/mol. The Kier molecular flexibility index (Phi) is 3.33. The van der Waals surface area contributed by atoms with Gasteiger partial charge in [0.1, 0.15) is 0 Å². The van der Waals surface area contributed by atoms with Crippen molar-refractivity contribution in [3.05, 3.63) is 24.3 Å². The van der Waals surface area contributed by atoms with Gasteiger partial charge in [0.25, 0.3) is 5.75 Å². The summed E-state index contributed by atoms with van der Waals surface area (Å²) >= 11 is -3.22. The van der Waals surface area contributed by atoms with E-state index in [-0.39, 0.29) is 5.75 Å². The van der Waals surface area contributed by atoms with Crippen LogP contribution in [0.5, 0.6) is 11.5 Å². The first-order chi connectivity index (χ1) is 5.74. The quantitative estimate of drug-likeness (QED) is 0.685. The van der Waals surface area contributed by atoms with Crippen LogP contribution in [0.4, 0.5) is 0 Å². The van der Waals surface area contributed by atoms with Gasteiger partial charge in [-0.1, -0.05) is 12.1 Å². The molecule has 12 heavy (non-hydrogen) atoms. The van der Waals surface area contributed by atoms with Gasteiger partial charge in [0.2, 0.25) is 0 Å². The van der Waals surface area contributed by atoms with Crippen molar-refractivity contribution < 1.29 is 31.8 Å².